The molecule has 9 atom stereocenters. The first-order valence-electron chi connectivity index (χ1n) is 12.7. The lowest BCUT2D eigenvalue weighted by molar-refractivity contribution is -0.178. The molecule has 2 bridgehead atoms. The number of fused-ring (bicyclic) bond motifs is 5. The van der Waals surface area contributed by atoms with E-state index in [0.717, 1.165) is 0 Å². The van der Waals surface area contributed by atoms with E-state index in [4.69, 9.17) is 40.6 Å². The van der Waals surface area contributed by atoms with Crippen LogP contribution in [0.15, 0.2) is 29.7 Å². The molecule has 3 aliphatic heterocycles. The lowest BCUT2D eigenvalue weighted by Gasteiger charge is -2.26. The number of nitrogens with two attached hydrogens (primary N) is 1. The van der Waals surface area contributed by atoms with Crippen LogP contribution in [0, 0.1) is 5.92 Å². The quantitative estimate of drug-likeness (QED) is 0.143. The van der Waals surface area contributed by atoms with Crippen LogP contribution >= 0.6 is 19.4 Å². The van der Waals surface area contributed by atoms with Crippen LogP contribution in [0.25, 0.3) is 22.2 Å². The molecule has 7 heterocycles. The van der Waals surface area contributed by atoms with Crippen LogP contribution < -0.4 is 11.3 Å². The molecule has 0 aromatic carbocycles. The summed E-state index contributed by atoms with van der Waals surface area (Å²) in [5.41, 5.74) is 5.40. The zero-order valence-electron chi connectivity index (χ0n) is 21.3. The van der Waals surface area contributed by atoms with Crippen molar-refractivity contribution in [3.63, 3.8) is 0 Å². The van der Waals surface area contributed by atoms with Gasteiger partial charge in [-0.1, -0.05) is 11.6 Å². The predicted octanol–water partition coefficient (Wildman–Crippen LogP) is -0.187. The number of H-pyrrole nitrogens is 1. The first-order valence-corrected chi connectivity index (χ1v) is 14.6. The summed E-state index contributed by atoms with van der Waals surface area (Å²) in [6.07, 6.45) is -4.32. The van der Waals surface area contributed by atoms with Gasteiger partial charge < -0.3 is 39.6 Å². The number of aliphatic hydroxyl groups excluding tert-OH is 2. The lowest BCUT2D eigenvalue weighted by Crippen LogP contribution is -2.37. The molecule has 42 heavy (non-hydrogen) atoms. The normalized spacial score (nSPS) is 35.7. The standard InChI is InChI=1S/C22H24ClN8O10P/c23-15-9-1-3-30(16(9)26-6-25-15)19-12(32)8-2-4-37-21-13(33)14(41-42(35,36)38-5-10(8)39-19)20(40-21)31-7-27-11-17(31)28-22(24)29-18(11)34/h1,3,6-8,10,12-14,19-21,32-33H,2,4-5H2,(H,35,36)(H3,24,28,29,34)/t8-,10-,12-,13+,14-,19-,20-,21?/m1/s1. The van der Waals surface area contributed by atoms with Crippen LogP contribution in [0.2, 0.25) is 5.15 Å². The summed E-state index contributed by atoms with van der Waals surface area (Å²) < 4.78 is 44.4. The van der Waals surface area contributed by atoms with E-state index in [0.29, 0.717) is 11.0 Å². The Morgan fingerprint density at radius 3 is 2.79 bits per heavy atom. The summed E-state index contributed by atoms with van der Waals surface area (Å²) in [4.78, 5) is 41.5. The highest BCUT2D eigenvalue weighted by molar-refractivity contribution is 7.47. The number of imidazole rings is 1. The highest BCUT2D eigenvalue weighted by Crippen LogP contribution is 2.51. The zero-order valence-corrected chi connectivity index (χ0v) is 23.0. The molecule has 3 aliphatic rings. The molecule has 6 N–H and O–H groups in total. The lowest BCUT2D eigenvalue weighted by atomic mass is 9.95. The van der Waals surface area contributed by atoms with Crippen molar-refractivity contribution >= 4 is 47.6 Å². The summed E-state index contributed by atoms with van der Waals surface area (Å²) in [5.74, 6) is -0.835. The molecule has 3 fully saturated rings. The highest BCUT2D eigenvalue weighted by atomic mass is 35.5. The van der Waals surface area contributed by atoms with Crippen LogP contribution in [-0.2, 0) is 27.8 Å². The molecule has 0 spiro atoms. The summed E-state index contributed by atoms with van der Waals surface area (Å²) in [5, 5.41) is 23.1. The van der Waals surface area contributed by atoms with Gasteiger partial charge in [0.05, 0.1) is 31.0 Å². The Balaban J connectivity index is 1.17. The molecule has 7 rings (SSSR count). The van der Waals surface area contributed by atoms with Gasteiger partial charge in [-0.05, 0) is 12.5 Å². The van der Waals surface area contributed by atoms with Crippen molar-refractivity contribution in [2.24, 2.45) is 5.92 Å². The van der Waals surface area contributed by atoms with Gasteiger partial charge in [-0.3, -0.25) is 23.4 Å². The molecule has 0 saturated carbocycles. The van der Waals surface area contributed by atoms with Gasteiger partial charge in [0.2, 0.25) is 5.95 Å². The van der Waals surface area contributed by atoms with Crippen molar-refractivity contribution in [2.45, 2.75) is 49.6 Å². The summed E-state index contributed by atoms with van der Waals surface area (Å²) in [6.45, 7) is -0.456. The molecular formula is C22H24ClN8O10P. The molecule has 3 saturated heterocycles. The number of hydrogen-bond acceptors (Lipinski definition) is 14. The average molecular weight is 627 g/mol. The Hall–Kier alpha value is -3.03. The number of hydrogen-bond donors (Lipinski definition) is 5. The second-order valence-corrected chi connectivity index (χ2v) is 11.8. The van der Waals surface area contributed by atoms with Gasteiger partial charge >= 0.3 is 7.82 Å². The Labute approximate surface area is 239 Å². The van der Waals surface area contributed by atoms with Crippen LogP contribution in [0.1, 0.15) is 18.9 Å². The molecule has 4 aromatic rings. The third-order valence-corrected chi connectivity index (χ3v) is 8.83. The maximum absolute atomic E-state index is 13.1. The summed E-state index contributed by atoms with van der Waals surface area (Å²) in [7, 11) is -4.88. The van der Waals surface area contributed by atoms with Gasteiger partial charge in [-0.25, -0.2) is 19.5 Å². The number of anilines is 1. The Morgan fingerprint density at radius 2 is 1.95 bits per heavy atom. The van der Waals surface area contributed by atoms with Gasteiger partial charge in [-0.2, -0.15) is 4.98 Å². The summed E-state index contributed by atoms with van der Waals surface area (Å²) >= 11 is 6.17. The fraction of sp³-hybridized carbons (Fsp3) is 0.500. The van der Waals surface area contributed by atoms with Crippen molar-refractivity contribution < 1.29 is 42.9 Å². The first kappa shape index (κ1) is 27.8. The maximum Gasteiger partial charge on any atom is 0.472 e. The van der Waals surface area contributed by atoms with Crippen molar-refractivity contribution in [2.75, 3.05) is 18.9 Å². The molecule has 0 aliphatic carbocycles. The van der Waals surface area contributed by atoms with Gasteiger partial charge in [0, 0.05) is 12.1 Å². The van der Waals surface area contributed by atoms with E-state index in [1.807, 2.05) is 0 Å². The molecular weight excluding hydrogens is 603 g/mol. The predicted molar refractivity (Wildman–Crippen MR) is 140 cm³/mol. The largest absolute Gasteiger partial charge is 0.472 e. The first-order chi connectivity index (χ1) is 20.1. The van der Waals surface area contributed by atoms with Crippen molar-refractivity contribution in [1.29, 1.82) is 0 Å². The van der Waals surface area contributed by atoms with E-state index in [1.54, 1.807) is 16.8 Å². The van der Waals surface area contributed by atoms with E-state index < -0.39 is 69.1 Å². The number of phosphoric acid groups is 1. The fourth-order valence-corrected chi connectivity index (χ4v) is 6.71. The Kier molecular flexibility index (Phi) is 6.82. The minimum atomic E-state index is -4.88. The van der Waals surface area contributed by atoms with Gasteiger partial charge in [0.25, 0.3) is 5.56 Å². The third kappa shape index (κ3) is 4.60. The second kappa shape index (κ2) is 10.3. The molecule has 224 valence electrons. The molecule has 0 amide bonds. The number of rotatable bonds is 2. The van der Waals surface area contributed by atoms with Crippen molar-refractivity contribution in [3.05, 3.63) is 40.4 Å². The maximum atomic E-state index is 13.1. The van der Waals surface area contributed by atoms with E-state index in [2.05, 4.69) is 24.9 Å². The number of nitrogen functional groups attached to an aromatic ring is 1. The zero-order chi connectivity index (χ0) is 29.3. The van der Waals surface area contributed by atoms with Crippen LogP contribution in [-0.4, -0.2) is 93.1 Å². The Morgan fingerprint density at radius 1 is 1.12 bits per heavy atom. The molecule has 4 aromatic heterocycles. The van der Waals surface area contributed by atoms with Crippen LogP contribution in [0.4, 0.5) is 5.95 Å². The van der Waals surface area contributed by atoms with E-state index >= 15 is 0 Å². The molecule has 2 unspecified atom stereocenters. The summed E-state index contributed by atoms with van der Waals surface area (Å²) in [6, 6.07) is 1.68. The number of nitrogens with zero attached hydrogens (tertiary/aromatic N) is 6. The van der Waals surface area contributed by atoms with Crippen LogP contribution in [0.5, 0.6) is 0 Å². The minimum absolute atomic E-state index is 0.0117. The topological polar surface area (TPSA) is 244 Å². The van der Waals surface area contributed by atoms with Crippen molar-refractivity contribution in [1.82, 2.24) is 34.1 Å². The number of ether oxygens (including phenoxy) is 3. The number of nitrogens with one attached hydrogen (secondary N) is 1. The van der Waals surface area contributed by atoms with Gasteiger partial charge in [0.1, 0.15) is 35.4 Å². The third-order valence-electron chi connectivity index (χ3n) is 7.54. The molecule has 0 radical (unpaired) electrons. The average Bonchev–Trinajstić information content (AvgIpc) is 3.69. The van der Waals surface area contributed by atoms with E-state index in [9.17, 15) is 24.5 Å². The van der Waals surface area contributed by atoms with Crippen LogP contribution in [0.3, 0.4) is 0 Å². The molecule has 18 nitrogen and oxygen atoms in total. The molecule has 20 heteroatoms. The fourth-order valence-electron chi connectivity index (χ4n) is 5.58. The van der Waals surface area contributed by atoms with Gasteiger partial charge in [-0.15, -0.1) is 0 Å². The number of aliphatic hydroxyl groups is 2. The Bertz CT molecular complexity index is 1770. The smallest absolute Gasteiger partial charge is 0.388 e. The highest BCUT2D eigenvalue weighted by Gasteiger charge is 2.52. The van der Waals surface area contributed by atoms with Gasteiger partial charge in [0.15, 0.2) is 29.9 Å². The number of halogens is 1. The number of phosphoric ester groups is 1. The SMILES string of the molecule is Nc1nc2c(ncn2[C@@H]2OC3OCC[C@H]4[C@@H](O)[C@H](n5ccc6c(Cl)ncnc65)O[C@@H]4COP(=O)(O)O[C@@H]2[C@@H]3O)c(=O)[nH]1. The minimum Gasteiger partial charge on any atom is -0.388 e. The van der Waals surface area contributed by atoms with Crippen molar-refractivity contribution in [3.8, 4) is 0 Å². The second-order valence-electron chi connectivity index (χ2n) is 10.00. The van der Waals surface area contributed by atoms with E-state index in [1.165, 1.54) is 17.2 Å². The number of aromatic amines is 1. The monoisotopic (exact) mass is 626 g/mol. The number of aromatic nitrogens is 7. The van der Waals surface area contributed by atoms with E-state index in [-0.39, 0.29) is 35.3 Å².